The molecular formula is C27H28F2N6O3S. The summed E-state index contributed by atoms with van der Waals surface area (Å²) in [5, 5.41) is 8.00. The van der Waals surface area contributed by atoms with Crippen LogP contribution in [0.1, 0.15) is 24.8 Å². The monoisotopic (exact) mass is 554 g/mol. The molecule has 204 valence electrons. The summed E-state index contributed by atoms with van der Waals surface area (Å²) in [4.78, 5) is 35.0. The fourth-order valence-corrected chi connectivity index (χ4v) is 4.48. The number of amides is 2. The van der Waals surface area contributed by atoms with Gasteiger partial charge >= 0.3 is 0 Å². The molecule has 1 fully saturated rings. The average Bonchev–Trinajstić information content (AvgIpc) is 3.38. The summed E-state index contributed by atoms with van der Waals surface area (Å²) in [5.41, 5.74) is 0.906. The summed E-state index contributed by atoms with van der Waals surface area (Å²) in [6, 6.07) is 11.4. The van der Waals surface area contributed by atoms with E-state index in [1.807, 2.05) is 14.1 Å². The van der Waals surface area contributed by atoms with E-state index >= 15 is 0 Å². The average molecular weight is 555 g/mol. The van der Waals surface area contributed by atoms with Crippen molar-refractivity contribution < 1.29 is 23.1 Å². The predicted octanol–water partition coefficient (Wildman–Crippen LogP) is 4.27. The lowest BCUT2D eigenvalue weighted by molar-refractivity contribution is -0.120. The molecule has 1 aliphatic rings. The van der Waals surface area contributed by atoms with Gasteiger partial charge in [0.15, 0.2) is 16.7 Å². The van der Waals surface area contributed by atoms with Crippen molar-refractivity contribution in [3.05, 3.63) is 72.1 Å². The maximum atomic E-state index is 14.7. The van der Waals surface area contributed by atoms with Crippen molar-refractivity contribution in [3.63, 3.8) is 0 Å². The van der Waals surface area contributed by atoms with Crippen molar-refractivity contribution in [2.75, 3.05) is 24.7 Å². The van der Waals surface area contributed by atoms with Gasteiger partial charge in [0.05, 0.1) is 6.42 Å². The van der Waals surface area contributed by atoms with Crippen molar-refractivity contribution in [2.24, 2.45) is 5.92 Å². The highest BCUT2D eigenvalue weighted by Gasteiger charge is 2.31. The summed E-state index contributed by atoms with van der Waals surface area (Å²) in [5.74, 6) is -1.51. The smallest absolute Gasteiger partial charge is 0.230 e. The molecule has 2 aromatic carbocycles. The van der Waals surface area contributed by atoms with E-state index in [2.05, 4.69) is 30.8 Å². The molecule has 3 N–H and O–H groups in total. The van der Waals surface area contributed by atoms with E-state index < -0.39 is 17.5 Å². The van der Waals surface area contributed by atoms with Crippen molar-refractivity contribution >= 4 is 40.6 Å². The normalized spacial score (nSPS) is 16.5. The zero-order chi connectivity index (χ0) is 27.9. The minimum atomic E-state index is -0.703. The molecule has 0 bridgehead atoms. The standard InChI is InChI=1S/C27H28F2N6O3S/c1-35(2)20-9-5-17(12-20)26(37)33-23-14-25(31-15-30-23)38-22-10-8-19(13-21(22)29)32-27(39)34-24(36)11-16-3-6-18(28)7-4-16/h3-4,6-8,10,13-15,17,20H,5,9,11-12H2,1-2H3,(H,30,31,33,37)(H2,32,34,36,39)/t17?,20-/m1/s1. The molecule has 0 saturated heterocycles. The third-order valence-corrected chi connectivity index (χ3v) is 6.54. The van der Waals surface area contributed by atoms with Crippen LogP contribution in [-0.2, 0) is 16.0 Å². The number of aromatic nitrogens is 2. The summed E-state index contributed by atoms with van der Waals surface area (Å²) < 4.78 is 33.3. The SMILES string of the molecule is CN(C)[C@@H]1CCC(C(=O)Nc2cc(Oc3ccc(NC(=S)NC(=O)Cc4ccc(F)cc4)cc3F)ncn2)C1. The first-order valence-corrected chi connectivity index (χ1v) is 12.7. The molecule has 0 aliphatic heterocycles. The number of benzene rings is 2. The van der Waals surface area contributed by atoms with Gasteiger partial charge in [0.25, 0.3) is 0 Å². The Labute approximate surface area is 230 Å². The van der Waals surface area contributed by atoms with Gasteiger partial charge in [-0.05, 0) is 75.4 Å². The number of halogens is 2. The van der Waals surface area contributed by atoms with E-state index in [1.165, 1.54) is 48.8 Å². The fourth-order valence-electron chi connectivity index (χ4n) is 4.25. The number of carbonyl (C=O) groups excluding carboxylic acids is 2. The molecule has 0 spiro atoms. The summed E-state index contributed by atoms with van der Waals surface area (Å²) in [7, 11) is 4.01. The van der Waals surface area contributed by atoms with Crippen molar-refractivity contribution in [1.82, 2.24) is 20.2 Å². The molecule has 3 aromatic rings. The largest absolute Gasteiger partial charge is 0.436 e. The molecule has 1 unspecified atom stereocenters. The van der Waals surface area contributed by atoms with Crippen LogP contribution in [-0.4, -0.2) is 51.9 Å². The number of nitrogens with zero attached hydrogens (tertiary/aromatic N) is 3. The Balaban J connectivity index is 1.30. The first kappa shape index (κ1) is 28.0. The molecule has 12 heteroatoms. The number of hydrogen-bond acceptors (Lipinski definition) is 7. The van der Waals surface area contributed by atoms with E-state index in [4.69, 9.17) is 17.0 Å². The predicted molar refractivity (Wildman–Crippen MR) is 146 cm³/mol. The van der Waals surface area contributed by atoms with E-state index in [0.717, 1.165) is 25.3 Å². The first-order chi connectivity index (χ1) is 18.7. The molecule has 1 heterocycles. The number of thiocarbonyl (C=S) groups is 1. The van der Waals surface area contributed by atoms with Crippen molar-refractivity contribution in [3.8, 4) is 11.6 Å². The Morgan fingerprint density at radius 2 is 1.82 bits per heavy atom. The first-order valence-electron chi connectivity index (χ1n) is 12.3. The van der Waals surface area contributed by atoms with Crippen molar-refractivity contribution in [1.29, 1.82) is 0 Å². The van der Waals surface area contributed by atoms with Gasteiger partial charge in [0.1, 0.15) is 18.0 Å². The second kappa shape index (κ2) is 12.7. The molecule has 2 amide bonds. The van der Waals surface area contributed by atoms with E-state index in [9.17, 15) is 18.4 Å². The van der Waals surface area contributed by atoms with Gasteiger partial charge in [-0.2, -0.15) is 0 Å². The zero-order valence-corrected chi connectivity index (χ0v) is 22.2. The number of anilines is 2. The van der Waals surface area contributed by atoms with Gasteiger partial charge in [-0.15, -0.1) is 0 Å². The Morgan fingerprint density at radius 3 is 2.51 bits per heavy atom. The third kappa shape index (κ3) is 7.98. The van der Waals surface area contributed by atoms with Gasteiger partial charge < -0.3 is 25.6 Å². The quantitative estimate of drug-likeness (QED) is 0.355. The van der Waals surface area contributed by atoms with Crippen LogP contribution in [0.3, 0.4) is 0 Å². The second-order valence-corrected chi connectivity index (χ2v) is 9.82. The Morgan fingerprint density at radius 1 is 1.05 bits per heavy atom. The number of ether oxygens (including phenoxy) is 1. The van der Waals surface area contributed by atoms with Crippen LogP contribution in [0.25, 0.3) is 0 Å². The highest BCUT2D eigenvalue weighted by molar-refractivity contribution is 7.80. The van der Waals surface area contributed by atoms with Crippen LogP contribution in [0.2, 0.25) is 0 Å². The Hall–Kier alpha value is -4.03. The minimum Gasteiger partial charge on any atom is -0.436 e. The molecule has 1 aliphatic carbocycles. The maximum Gasteiger partial charge on any atom is 0.230 e. The second-order valence-electron chi connectivity index (χ2n) is 9.41. The van der Waals surface area contributed by atoms with Crippen LogP contribution in [0, 0.1) is 17.6 Å². The summed E-state index contributed by atoms with van der Waals surface area (Å²) in [6.07, 6.45) is 3.77. The van der Waals surface area contributed by atoms with Gasteiger partial charge in [-0.1, -0.05) is 12.1 Å². The van der Waals surface area contributed by atoms with Crippen LogP contribution in [0.15, 0.2) is 54.9 Å². The maximum absolute atomic E-state index is 14.7. The summed E-state index contributed by atoms with van der Waals surface area (Å²) in [6.45, 7) is 0. The number of hydrogen-bond donors (Lipinski definition) is 3. The van der Waals surface area contributed by atoms with Gasteiger partial charge in [0.2, 0.25) is 17.7 Å². The van der Waals surface area contributed by atoms with E-state index in [0.29, 0.717) is 11.6 Å². The lowest BCUT2D eigenvalue weighted by Crippen LogP contribution is -2.35. The van der Waals surface area contributed by atoms with Gasteiger partial charge in [0, 0.05) is 29.8 Å². The van der Waals surface area contributed by atoms with Crippen molar-refractivity contribution in [2.45, 2.75) is 31.7 Å². The van der Waals surface area contributed by atoms with Crippen LogP contribution in [0.5, 0.6) is 11.6 Å². The summed E-state index contributed by atoms with van der Waals surface area (Å²) >= 11 is 5.13. The van der Waals surface area contributed by atoms with Gasteiger partial charge in [-0.25, -0.2) is 18.7 Å². The lowest BCUT2D eigenvalue weighted by atomic mass is 10.1. The highest BCUT2D eigenvalue weighted by atomic mass is 32.1. The molecule has 0 radical (unpaired) electrons. The third-order valence-electron chi connectivity index (χ3n) is 6.33. The van der Waals surface area contributed by atoms with Crippen LogP contribution < -0.4 is 20.7 Å². The molecule has 9 nitrogen and oxygen atoms in total. The zero-order valence-electron chi connectivity index (χ0n) is 21.4. The van der Waals surface area contributed by atoms with Crippen LogP contribution in [0.4, 0.5) is 20.3 Å². The fraction of sp³-hybridized carbons (Fsp3) is 0.296. The highest BCUT2D eigenvalue weighted by Crippen LogP contribution is 2.30. The molecule has 1 saturated carbocycles. The molecular weight excluding hydrogens is 526 g/mol. The Kier molecular flexibility index (Phi) is 9.10. The number of rotatable bonds is 8. The molecule has 1 aromatic heterocycles. The molecule has 39 heavy (non-hydrogen) atoms. The number of nitrogens with one attached hydrogen (secondary N) is 3. The minimum absolute atomic E-state index is 0.00186. The molecule has 4 rings (SSSR count). The van der Waals surface area contributed by atoms with E-state index in [-0.39, 0.29) is 46.5 Å². The van der Waals surface area contributed by atoms with Gasteiger partial charge in [-0.3, -0.25) is 9.59 Å². The topological polar surface area (TPSA) is 108 Å². The van der Waals surface area contributed by atoms with E-state index in [1.54, 1.807) is 0 Å². The Bertz CT molecular complexity index is 1360. The molecule has 2 atom stereocenters. The van der Waals surface area contributed by atoms with Crippen LogP contribution >= 0.6 is 12.2 Å². The number of carbonyl (C=O) groups is 2. The lowest BCUT2D eigenvalue weighted by Gasteiger charge is -2.18.